The lowest BCUT2D eigenvalue weighted by Crippen LogP contribution is -2.33. The van der Waals surface area contributed by atoms with Crippen molar-refractivity contribution in [2.75, 3.05) is 11.5 Å². The van der Waals surface area contributed by atoms with Gasteiger partial charge >= 0.3 is 0 Å². The number of rotatable bonds is 0. The summed E-state index contributed by atoms with van der Waals surface area (Å²) in [4.78, 5) is 0. The maximum Gasteiger partial charge on any atom is -0.000804 e. The van der Waals surface area contributed by atoms with E-state index in [0.29, 0.717) is 0 Å². The molecule has 12 heavy (non-hydrogen) atoms. The molecular weight excluding hydrogens is 164 g/mol. The van der Waals surface area contributed by atoms with E-state index < -0.39 is 0 Å². The van der Waals surface area contributed by atoms with E-state index in [2.05, 4.69) is 11.8 Å². The van der Waals surface area contributed by atoms with Crippen molar-refractivity contribution in [2.45, 2.75) is 38.5 Å². The summed E-state index contributed by atoms with van der Waals surface area (Å²) in [7, 11) is 0. The highest BCUT2D eigenvalue weighted by atomic mass is 32.2. The Labute approximate surface area is 79.5 Å². The van der Waals surface area contributed by atoms with E-state index in [0.717, 1.165) is 17.3 Å². The van der Waals surface area contributed by atoms with E-state index in [4.69, 9.17) is 0 Å². The molecule has 1 spiro atoms. The molecule has 1 aliphatic heterocycles. The Kier molecular flexibility index (Phi) is 1.72. The molecule has 2 saturated carbocycles. The molecule has 1 heteroatoms. The monoisotopic (exact) mass is 182 g/mol. The molecule has 3 unspecified atom stereocenters. The highest BCUT2D eigenvalue weighted by molar-refractivity contribution is 7.99. The van der Waals surface area contributed by atoms with Gasteiger partial charge in [0.05, 0.1) is 0 Å². The normalized spacial score (nSPS) is 52.0. The average Bonchev–Trinajstić information content (AvgIpc) is 2.65. The first kappa shape index (κ1) is 7.73. The molecule has 3 atom stereocenters. The van der Waals surface area contributed by atoms with Crippen LogP contribution in [-0.4, -0.2) is 11.5 Å². The van der Waals surface area contributed by atoms with Gasteiger partial charge in [-0.1, -0.05) is 6.42 Å². The fraction of sp³-hybridized carbons (Fsp3) is 1.00. The topological polar surface area (TPSA) is 0 Å². The van der Waals surface area contributed by atoms with E-state index in [1.807, 2.05) is 0 Å². The Bertz CT molecular complexity index is 181. The van der Waals surface area contributed by atoms with Crippen molar-refractivity contribution in [1.29, 1.82) is 0 Å². The fourth-order valence-electron chi connectivity index (χ4n) is 3.91. The first-order valence-electron chi connectivity index (χ1n) is 5.47. The molecular formula is C11H18S. The molecule has 0 aromatic heterocycles. The zero-order valence-corrected chi connectivity index (χ0v) is 8.54. The number of thioether (sulfide) groups is 1. The Morgan fingerprint density at radius 1 is 1.25 bits per heavy atom. The molecule has 2 bridgehead atoms. The van der Waals surface area contributed by atoms with Gasteiger partial charge in [-0.25, -0.2) is 0 Å². The van der Waals surface area contributed by atoms with Gasteiger partial charge in [-0.05, 0) is 60.9 Å². The van der Waals surface area contributed by atoms with Crippen molar-refractivity contribution in [3.8, 4) is 0 Å². The third kappa shape index (κ3) is 0.982. The van der Waals surface area contributed by atoms with Crippen LogP contribution in [0.3, 0.4) is 0 Å². The first-order chi connectivity index (χ1) is 5.89. The summed E-state index contributed by atoms with van der Waals surface area (Å²) in [5.41, 5.74) is 0.853. The van der Waals surface area contributed by atoms with E-state index in [-0.39, 0.29) is 0 Å². The summed E-state index contributed by atoms with van der Waals surface area (Å²) < 4.78 is 0. The SMILES string of the molecule is C1CSCC2(C1)CC1CCC2C1. The molecule has 0 N–H and O–H groups in total. The van der Waals surface area contributed by atoms with Gasteiger partial charge in [0.15, 0.2) is 0 Å². The van der Waals surface area contributed by atoms with E-state index in [9.17, 15) is 0 Å². The third-order valence-electron chi connectivity index (χ3n) is 4.46. The number of fused-ring (bicyclic) bond motifs is 3. The second kappa shape index (κ2) is 2.67. The minimum Gasteiger partial charge on any atom is -0.161 e. The van der Waals surface area contributed by atoms with Gasteiger partial charge in [0.25, 0.3) is 0 Å². The Morgan fingerprint density at radius 3 is 2.83 bits per heavy atom. The summed E-state index contributed by atoms with van der Waals surface area (Å²) >= 11 is 2.23. The molecule has 0 amide bonds. The van der Waals surface area contributed by atoms with Gasteiger partial charge in [-0.2, -0.15) is 11.8 Å². The number of hydrogen-bond donors (Lipinski definition) is 0. The van der Waals surface area contributed by atoms with Gasteiger partial charge in [-0.3, -0.25) is 0 Å². The van der Waals surface area contributed by atoms with Crippen LogP contribution in [0.2, 0.25) is 0 Å². The second-order valence-electron chi connectivity index (χ2n) is 5.10. The molecule has 0 radical (unpaired) electrons. The maximum atomic E-state index is 2.23. The zero-order valence-electron chi connectivity index (χ0n) is 7.72. The highest BCUT2D eigenvalue weighted by Gasteiger charge is 2.50. The second-order valence-corrected chi connectivity index (χ2v) is 6.20. The molecule has 3 fully saturated rings. The molecule has 1 heterocycles. The molecule has 1 saturated heterocycles. The van der Waals surface area contributed by atoms with Crippen LogP contribution in [0.1, 0.15) is 38.5 Å². The first-order valence-corrected chi connectivity index (χ1v) is 6.62. The van der Waals surface area contributed by atoms with Crippen LogP contribution in [0.15, 0.2) is 0 Å². The summed E-state index contributed by atoms with van der Waals surface area (Å²) in [5, 5.41) is 0. The van der Waals surface area contributed by atoms with Crippen molar-refractivity contribution in [1.82, 2.24) is 0 Å². The van der Waals surface area contributed by atoms with Crippen LogP contribution >= 0.6 is 11.8 Å². The fourth-order valence-corrected chi connectivity index (χ4v) is 5.31. The Balaban J connectivity index is 1.81. The van der Waals surface area contributed by atoms with Crippen LogP contribution < -0.4 is 0 Å². The van der Waals surface area contributed by atoms with Gasteiger partial charge < -0.3 is 0 Å². The highest BCUT2D eigenvalue weighted by Crippen LogP contribution is 2.60. The standard InChI is InChI=1S/C11H18S/c1-4-11(8-12-5-1)7-9-2-3-10(11)6-9/h9-10H,1-8H2. The average molecular weight is 182 g/mol. The van der Waals surface area contributed by atoms with Gasteiger partial charge in [-0.15, -0.1) is 0 Å². The largest absolute Gasteiger partial charge is 0.161 e. The molecule has 3 rings (SSSR count). The minimum absolute atomic E-state index is 0.853. The lowest BCUT2D eigenvalue weighted by Gasteiger charge is -2.40. The van der Waals surface area contributed by atoms with Crippen LogP contribution in [0.5, 0.6) is 0 Å². The minimum atomic E-state index is 0.853. The summed E-state index contributed by atoms with van der Waals surface area (Å²) in [5.74, 6) is 5.25. The third-order valence-corrected chi connectivity index (χ3v) is 5.81. The van der Waals surface area contributed by atoms with E-state index in [1.165, 1.54) is 17.9 Å². The van der Waals surface area contributed by atoms with Crippen molar-refractivity contribution in [2.24, 2.45) is 17.3 Å². The van der Waals surface area contributed by atoms with Gasteiger partial charge in [0.2, 0.25) is 0 Å². The van der Waals surface area contributed by atoms with Crippen LogP contribution in [0.25, 0.3) is 0 Å². The van der Waals surface area contributed by atoms with E-state index >= 15 is 0 Å². The molecule has 0 aromatic rings. The predicted molar refractivity (Wildman–Crippen MR) is 54.4 cm³/mol. The Hall–Kier alpha value is 0.350. The molecule has 0 aromatic carbocycles. The molecule has 0 nitrogen and oxygen atoms in total. The lowest BCUT2D eigenvalue weighted by atomic mass is 9.71. The van der Waals surface area contributed by atoms with Crippen molar-refractivity contribution >= 4 is 11.8 Å². The smallest absolute Gasteiger partial charge is 0.000804 e. The van der Waals surface area contributed by atoms with Crippen LogP contribution in [0, 0.1) is 17.3 Å². The predicted octanol–water partition coefficient (Wildman–Crippen LogP) is 3.32. The maximum absolute atomic E-state index is 2.23. The van der Waals surface area contributed by atoms with Gasteiger partial charge in [0, 0.05) is 0 Å². The van der Waals surface area contributed by atoms with Gasteiger partial charge in [0.1, 0.15) is 0 Å². The summed E-state index contributed by atoms with van der Waals surface area (Å²) in [6.07, 6.45) is 9.42. The number of hydrogen-bond acceptors (Lipinski definition) is 1. The zero-order chi connectivity index (χ0) is 8.02. The van der Waals surface area contributed by atoms with Crippen molar-refractivity contribution in [3.63, 3.8) is 0 Å². The Morgan fingerprint density at radius 2 is 2.25 bits per heavy atom. The molecule has 2 aliphatic carbocycles. The quantitative estimate of drug-likeness (QED) is 0.554. The van der Waals surface area contributed by atoms with Crippen LogP contribution in [-0.2, 0) is 0 Å². The van der Waals surface area contributed by atoms with Crippen LogP contribution in [0.4, 0.5) is 0 Å². The summed E-state index contributed by atoms with van der Waals surface area (Å²) in [6.45, 7) is 0. The lowest BCUT2D eigenvalue weighted by molar-refractivity contribution is 0.174. The summed E-state index contributed by atoms with van der Waals surface area (Å²) in [6, 6.07) is 0. The van der Waals surface area contributed by atoms with Crippen molar-refractivity contribution in [3.05, 3.63) is 0 Å². The molecule has 3 aliphatic rings. The van der Waals surface area contributed by atoms with E-state index in [1.54, 1.807) is 32.1 Å². The molecule has 68 valence electrons. The van der Waals surface area contributed by atoms with Crippen molar-refractivity contribution < 1.29 is 0 Å².